The summed E-state index contributed by atoms with van der Waals surface area (Å²) in [5, 5.41) is 2.89. The van der Waals surface area contributed by atoms with E-state index in [9.17, 15) is 9.59 Å². The first-order valence-electron chi connectivity index (χ1n) is 6.61. The molecule has 0 atom stereocenters. The third kappa shape index (κ3) is 3.01. The minimum atomic E-state index is -0.162. The molecule has 21 heavy (non-hydrogen) atoms. The van der Waals surface area contributed by atoms with E-state index in [2.05, 4.69) is 21.2 Å². The lowest BCUT2D eigenvalue weighted by Gasteiger charge is -2.19. The molecule has 3 rings (SSSR count). The van der Waals surface area contributed by atoms with Crippen LogP contribution in [-0.4, -0.2) is 18.4 Å². The molecular weight excluding hydrogens is 352 g/mol. The fourth-order valence-electron chi connectivity index (χ4n) is 2.34. The van der Waals surface area contributed by atoms with Crippen molar-refractivity contribution in [2.45, 2.75) is 12.8 Å². The van der Waals surface area contributed by atoms with Crippen molar-refractivity contribution >= 4 is 50.5 Å². The van der Waals surface area contributed by atoms with Crippen LogP contribution < -0.4 is 10.2 Å². The Morgan fingerprint density at radius 3 is 2.71 bits per heavy atom. The Morgan fingerprint density at radius 2 is 2.05 bits per heavy atom. The van der Waals surface area contributed by atoms with Gasteiger partial charge in [0.25, 0.3) is 5.91 Å². The number of thiophene rings is 1. The van der Waals surface area contributed by atoms with Crippen molar-refractivity contribution in [1.82, 2.24) is 0 Å². The molecule has 6 heteroatoms. The Labute approximate surface area is 134 Å². The molecule has 4 nitrogen and oxygen atoms in total. The summed E-state index contributed by atoms with van der Waals surface area (Å²) >= 11 is 4.73. The van der Waals surface area contributed by atoms with Crippen LogP contribution in [0, 0.1) is 0 Å². The van der Waals surface area contributed by atoms with Crippen LogP contribution in [0.5, 0.6) is 0 Å². The van der Waals surface area contributed by atoms with Crippen molar-refractivity contribution < 1.29 is 9.59 Å². The molecule has 1 saturated heterocycles. The van der Waals surface area contributed by atoms with Gasteiger partial charge in [-0.25, -0.2) is 0 Å². The molecule has 1 aliphatic heterocycles. The zero-order valence-corrected chi connectivity index (χ0v) is 13.5. The smallest absolute Gasteiger partial charge is 0.265 e. The van der Waals surface area contributed by atoms with Crippen LogP contribution in [0.2, 0.25) is 0 Å². The number of halogens is 1. The zero-order valence-electron chi connectivity index (χ0n) is 11.1. The Balaban J connectivity index is 1.85. The number of para-hydroxylation sites is 2. The number of hydrogen-bond acceptors (Lipinski definition) is 3. The van der Waals surface area contributed by atoms with Gasteiger partial charge in [-0.05, 0) is 46.6 Å². The van der Waals surface area contributed by atoms with Crippen molar-refractivity contribution in [3.05, 3.63) is 45.1 Å². The molecule has 0 spiro atoms. The second kappa shape index (κ2) is 5.99. The molecule has 2 amide bonds. The number of nitrogens with one attached hydrogen (secondary N) is 1. The number of rotatable bonds is 3. The summed E-state index contributed by atoms with van der Waals surface area (Å²) < 4.78 is 0.913. The Morgan fingerprint density at radius 1 is 1.24 bits per heavy atom. The number of nitrogens with zero attached hydrogens (tertiary/aromatic N) is 1. The largest absolute Gasteiger partial charge is 0.319 e. The van der Waals surface area contributed by atoms with Crippen molar-refractivity contribution in [3.8, 4) is 0 Å². The van der Waals surface area contributed by atoms with E-state index < -0.39 is 0 Å². The SMILES string of the molecule is O=C(Nc1ccccc1N1CCCC1=O)c1ccc(Br)s1. The summed E-state index contributed by atoms with van der Waals surface area (Å²) in [7, 11) is 0. The van der Waals surface area contributed by atoms with E-state index in [4.69, 9.17) is 0 Å². The highest BCUT2D eigenvalue weighted by atomic mass is 79.9. The maximum absolute atomic E-state index is 12.3. The van der Waals surface area contributed by atoms with Crippen LogP contribution in [0.15, 0.2) is 40.2 Å². The summed E-state index contributed by atoms with van der Waals surface area (Å²) in [5.74, 6) is -0.0552. The number of benzene rings is 1. The van der Waals surface area contributed by atoms with E-state index in [1.54, 1.807) is 11.0 Å². The lowest BCUT2D eigenvalue weighted by atomic mass is 10.2. The summed E-state index contributed by atoms with van der Waals surface area (Å²) in [5.41, 5.74) is 1.44. The first-order valence-corrected chi connectivity index (χ1v) is 8.22. The van der Waals surface area contributed by atoms with Gasteiger partial charge in [0.2, 0.25) is 5.91 Å². The lowest BCUT2D eigenvalue weighted by Crippen LogP contribution is -2.25. The second-order valence-corrected chi connectivity index (χ2v) is 7.19. The highest BCUT2D eigenvalue weighted by molar-refractivity contribution is 9.11. The van der Waals surface area contributed by atoms with Crippen molar-refractivity contribution in [1.29, 1.82) is 0 Å². The molecular formula is C15H13BrN2O2S. The lowest BCUT2D eigenvalue weighted by molar-refractivity contribution is -0.117. The maximum atomic E-state index is 12.3. The van der Waals surface area contributed by atoms with Crippen LogP contribution in [-0.2, 0) is 4.79 Å². The fraction of sp³-hybridized carbons (Fsp3) is 0.200. The fourth-order valence-corrected chi connectivity index (χ4v) is 3.62. The minimum Gasteiger partial charge on any atom is -0.319 e. The molecule has 2 aromatic rings. The molecule has 1 fully saturated rings. The number of hydrogen-bond donors (Lipinski definition) is 1. The minimum absolute atomic E-state index is 0.107. The predicted octanol–water partition coefficient (Wildman–Crippen LogP) is 3.89. The summed E-state index contributed by atoms with van der Waals surface area (Å²) in [6.45, 7) is 0.705. The number of anilines is 2. The van der Waals surface area contributed by atoms with Gasteiger partial charge in [-0.15, -0.1) is 11.3 Å². The van der Waals surface area contributed by atoms with E-state index in [-0.39, 0.29) is 11.8 Å². The molecule has 1 aromatic carbocycles. The molecule has 0 saturated carbocycles. The highest BCUT2D eigenvalue weighted by Gasteiger charge is 2.24. The van der Waals surface area contributed by atoms with Gasteiger partial charge >= 0.3 is 0 Å². The van der Waals surface area contributed by atoms with Crippen LogP contribution in [0.3, 0.4) is 0 Å². The zero-order chi connectivity index (χ0) is 14.8. The van der Waals surface area contributed by atoms with Crippen LogP contribution >= 0.6 is 27.3 Å². The summed E-state index contributed by atoms with van der Waals surface area (Å²) in [4.78, 5) is 26.5. The van der Waals surface area contributed by atoms with Gasteiger partial charge in [-0.1, -0.05) is 12.1 Å². The summed E-state index contributed by atoms with van der Waals surface area (Å²) in [6.07, 6.45) is 1.43. The monoisotopic (exact) mass is 364 g/mol. The van der Waals surface area contributed by atoms with Gasteiger partial charge < -0.3 is 10.2 Å². The normalized spacial score (nSPS) is 14.5. The van der Waals surface area contributed by atoms with Gasteiger partial charge in [-0.3, -0.25) is 9.59 Å². The highest BCUT2D eigenvalue weighted by Crippen LogP contribution is 2.30. The second-order valence-electron chi connectivity index (χ2n) is 4.72. The van der Waals surface area contributed by atoms with Crippen LogP contribution in [0.25, 0.3) is 0 Å². The molecule has 0 radical (unpaired) electrons. The van der Waals surface area contributed by atoms with Gasteiger partial charge in [-0.2, -0.15) is 0 Å². The van der Waals surface area contributed by atoms with Gasteiger partial charge in [0, 0.05) is 13.0 Å². The Hall–Kier alpha value is -1.66. The van der Waals surface area contributed by atoms with E-state index >= 15 is 0 Å². The number of amides is 2. The van der Waals surface area contributed by atoms with E-state index in [1.807, 2.05) is 30.3 Å². The third-order valence-corrected chi connectivity index (χ3v) is 4.94. The Kier molecular flexibility index (Phi) is 4.07. The van der Waals surface area contributed by atoms with E-state index in [0.717, 1.165) is 15.9 Å². The molecule has 108 valence electrons. The van der Waals surface area contributed by atoms with Crippen LogP contribution in [0.1, 0.15) is 22.5 Å². The van der Waals surface area contributed by atoms with Gasteiger partial charge in [0.05, 0.1) is 20.0 Å². The average molecular weight is 365 g/mol. The quantitative estimate of drug-likeness (QED) is 0.897. The number of carbonyl (C=O) groups is 2. The summed E-state index contributed by atoms with van der Waals surface area (Å²) in [6, 6.07) is 11.0. The van der Waals surface area contributed by atoms with Gasteiger partial charge in [0.1, 0.15) is 0 Å². The standard InChI is InChI=1S/C15H13BrN2O2S/c16-13-8-7-12(21-13)15(20)17-10-4-1-2-5-11(10)18-9-3-6-14(18)19/h1-2,4-5,7-8H,3,6,9H2,(H,17,20). The molecule has 1 aliphatic rings. The van der Waals surface area contributed by atoms with Gasteiger partial charge in [0.15, 0.2) is 0 Å². The maximum Gasteiger partial charge on any atom is 0.265 e. The number of carbonyl (C=O) groups excluding carboxylic acids is 2. The first-order chi connectivity index (χ1) is 10.1. The topological polar surface area (TPSA) is 49.4 Å². The van der Waals surface area contributed by atoms with Crippen LogP contribution in [0.4, 0.5) is 11.4 Å². The molecule has 1 N–H and O–H groups in total. The van der Waals surface area contributed by atoms with Crippen molar-refractivity contribution in [2.24, 2.45) is 0 Å². The predicted molar refractivity (Wildman–Crippen MR) is 88.0 cm³/mol. The molecule has 1 aromatic heterocycles. The van der Waals surface area contributed by atoms with Crippen molar-refractivity contribution in [2.75, 3.05) is 16.8 Å². The molecule has 2 heterocycles. The van der Waals surface area contributed by atoms with Crippen molar-refractivity contribution in [3.63, 3.8) is 0 Å². The average Bonchev–Trinajstić information content (AvgIpc) is 3.08. The molecule has 0 unspecified atom stereocenters. The van der Waals surface area contributed by atoms with E-state index in [0.29, 0.717) is 23.5 Å². The molecule has 0 aliphatic carbocycles. The molecule has 0 bridgehead atoms. The third-order valence-electron chi connectivity index (χ3n) is 3.31. The Bertz CT molecular complexity index is 698. The first kappa shape index (κ1) is 14.3. The van der Waals surface area contributed by atoms with E-state index in [1.165, 1.54) is 11.3 Å².